The van der Waals surface area contributed by atoms with E-state index in [0.717, 1.165) is 6.07 Å². The van der Waals surface area contributed by atoms with E-state index in [4.69, 9.17) is 4.74 Å². The molecule has 7 nitrogen and oxygen atoms in total. The van der Waals surface area contributed by atoms with Crippen LogP contribution in [0.15, 0.2) is 12.1 Å². The number of carbonyl (C=O) groups excluding carboxylic acids is 1. The SMILES string of the molecule is COC(=O)C(C)(C)CNc1cc(OC)cc(F)c1[N+](=O)[O-]. The minimum atomic E-state index is -1.02. The molecule has 0 saturated carbocycles. The zero-order valence-electron chi connectivity index (χ0n) is 12.2. The molecule has 0 aromatic heterocycles. The number of nitrogens with one attached hydrogen (secondary N) is 1. The van der Waals surface area contributed by atoms with Gasteiger partial charge in [0.1, 0.15) is 11.4 Å². The van der Waals surface area contributed by atoms with Crippen LogP contribution in [0, 0.1) is 21.3 Å². The van der Waals surface area contributed by atoms with Crippen molar-refractivity contribution in [2.24, 2.45) is 5.41 Å². The van der Waals surface area contributed by atoms with E-state index >= 15 is 0 Å². The van der Waals surface area contributed by atoms with E-state index in [-0.39, 0.29) is 18.0 Å². The predicted octanol–water partition coefficient (Wildman–Crippen LogP) is 2.35. The first-order valence-corrected chi connectivity index (χ1v) is 6.07. The van der Waals surface area contributed by atoms with Gasteiger partial charge in [-0.15, -0.1) is 0 Å². The largest absolute Gasteiger partial charge is 0.497 e. The van der Waals surface area contributed by atoms with Crippen LogP contribution in [0.3, 0.4) is 0 Å². The average Bonchev–Trinajstić information content (AvgIpc) is 2.42. The highest BCUT2D eigenvalue weighted by Crippen LogP contribution is 2.33. The molecule has 0 heterocycles. The highest BCUT2D eigenvalue weighted by atomic mass is 19.1. The number of nitro groups is 1. The summed E-state index contributed by atoms with van der Waals surface area (Å²) in [5.74, 6) is -1.37. The summed E-state index contributed by atoms with van der Waals surface area (Å²) < 4.78 is 23.3. The van der Waals surface area contributed by atoms with E-state index in [0.29, 0.717) is 0 Å². The zero-order valence-corrected chi connectivity index (χ0v) is 12.2. The van der Waals surface area contributed by atoms with E-state index in [1.54, 1.807) is 13.8 Å². The Bertz CT molecular complexity index is 560. The van der Waals surface area contributed by atoms with Gasteiger partial charge < -0.3 is 14.8 Å². The summed E-state index contributed by atoms with van der Waals surface area (Å²) in [6.45, 7) is 3.25. The Hall–Kier alpha value is -2.38. The summed E-state index contributed by atoms with van der Waals surface area (Å²) in [5, 5.41) is 13.7. The molecule has 0 unspecified atom stereocenters. The number of methoxy groups -OCH3 is 2. The van der Waals surface area contributed by atoms with Gasteiger partial charge >= 0.3 is 11.7 Å². The van der Waals surface area contributed by atoms with Crippen molar-refractivity contribution in [2.45, 2.75) is 13.8 Å². The second kappa shape index (κ2) is 6.38. The molecule has 1 aromatic rings. The first kappa shape index (κ1) is 16.7. The summed E-state index contributed by atoms with van der Waals surface area (Å²) in [6, 6.07) is 2.23. The lowest BCUT2D eigenvalue weighted by Gasteiger charge is -2.22. The van der Waals surface area contributed by atoms with Gasteiger partial charge in [0.05, 0.1) is 24.6 Å². The Kier molecular flexibility index (Phi) is 5.07. The fourth-order valence-corrected chi connectivity index (χ4v) is 1.68. The molecule has 0 spiro atoms. The summed E-state index contributed by atoms with van der Waals surface area (Å²) in [6.07, 6.45) is 0. The van der Waals surface area contributed by atoms with Crippen molar-refractivity contribution >= 4 is 17.3 Å². The second-order valence-electron chi connectivity index (χ2n) is 4.99. The molecule has 0 bridgehead atoms. The Morgan fingerprint density at radius 2 is 2.05 bits per heavy atom. The molecule has 0 amide bonds. The molecule has 1 N–H and O–H groups in total. The lowest BCUT2D eigenvalue weighted by atomic mass is 9.93. The van der Waals surface area contributed by atoms with Crippen molar-refractivity contribution < 1.29 is 23.6 Å². The van der Waals surface area contributed by atoms with Gasteiger partial charge in [-0.25, -0.2) is 0 Å². The first-order valence-electron chi connectivity index (χ1n) is 6.07. The van der Waals surface area contributed by atoms with Crippen LogP contribution in [0.25, 0.3) is 0 Å². The molecule has 8 heteroatoms. The van der Waals surface area contributed by atoms with Crippen LogP contribution in [-0.4, -0.2) is 31.7 Å². The monoisotopic (exact) mass is 300 g/mol. The maximum Gasteiger partial charge on any atom is 0.327 e. The third-order valence-corrected chi connectivity index (χ3v) is 2.91. The molecule has 1 aromatic carbocycles. The van der Waals surface area contributed by atoms with Crippen LogP contribution in [-0.2, 0) is 9.53 Å². The third-order valence-electron chi connectivity index (χ3n) is 2.91. The predicted molar refractivity (Wildman–Crippen MR) is 73.9 cm³/mol. The normalized spacial score (nSPS) is 10.9. The van der Waals surface area contributed by atoms with Crippen molar-refractivity contribution in [3.8, 4) is 5.75 Å². The van der Waals surface area contributed by atoms with Crippen molar-refractivity contribution in [2.75, 3.05) is 26.1 Å². The molecule has 0 saturated heterocycles. The molecule has 0 radical (unpaired) electrons. The van der Waals surface area contributed by atoms with Crippen molar-refractivity contribution in [3.63, 3.8) is 0 Å². The van der Waals surface area contributed by atoms with Crippen molar-refractivity contribution in [1.82, 2.24) is 0 Å². The van der Waals surface area contributed by atoms with Gasteiger partial charge in [0.15, 0.2) is 0 Å². The molecular formula is C13H17FN2O5. The molecule has 116 valence electrons. The van der Waals surface area contributed by atoms with E-state index in [9.17, 15) is 19.3 Å². The Morgan fingerprint density at radius 1 is 1.43 bits per heavy atom. The summed E-state index contributed by atoms with van der Waals surface area (Å²) >= 11 is 0. The molecule has 0 aliphatic carbocycles. The lowest BCUT2D eigenvalue weighted by Crippen LogP contribution is -2.33. The van der Waals surface area contributed by atoms with Crippen LogP contribution in [0.5, 0.6) is 5.75 Å². The van der Waals surface area contributed by atoms with Gasteiger partial charge in [-0.2, -0.15) is 4.39 Å². The van der Waals surface area contributed by atoms with Crippen LogP contribution < -0.4 is 10.1 Å². The minimum Gasteiger partial charge on any atom is -0.497 e. The molecule has 0 aliphatic heterocycles. The van der Waals surface area contributed by atoms with E-state index in [1.165, 1.54) is 20.3 Å². The second-order valence-corrected chi connectivity index (χ2v) is 4.99. The number of ether oxygens (including phenoxy) is 2. The fraction of sp³-hybridized carbons (Fsp3) is 0.462. The molecule has 21 heavy (non-hydrogen) atoms. The van der Waals surface area contributed by atoms with E-state index in [2.05, 4.69) is 10.1 Å². The highest BCUT2D eigenvalue weighted by molar-refractivity contribution is 5.77. The number of carbonyl (C=O) groups is 1. The number of hydrogen-bond donors (Lipinski definition) is 1. The smallest absolute Gasteiger partial charge is 0.327 e. The Labute approximate surface area is 121 Å². The summed E-state index contributed by atoms with van der Waals surface area (Å²) in [5.41, 5.74) is -1.69. The van der Waals surface area contributed by atoms with Gasteiger partial charge in [0, 0.05) is 18.7 Å². The van der Waals surface area contributed by atoms with Gasteiger partial charge in [-0.1, -0.05) is 0 Å². The topological polar surface area (TPSA) is 90.7 Å². The minimum absolute atomic E-state index is 0.0348. The number of anilines is 1. The summed E-state index contributed by atoms with van der Waals surface area (Å²) in [7, 11) is 2.57. The highest BCUT2D eigenvalue weighted by Gasteiger charge is 2.30. The first-order chi connectivity index (χ1) is 9.72. The van der Waals surface area contributed by atoms with Crippen LogP contribution in [0.1, 0.15) is 13.8 Å². The third kappa shape index (κ3) is 3.80. The Morgan fingerprint density at radius 3 is 2.52 bits per heavy atom. The number of nitrogens with zero attached hydrogens (tertiary/aromatic N) is 1. The van der Waals surface area contributed by atoms with Crippen molar-refractivity contribution in [3.05, 3.63) is 28.1 Å². The lowest BCUT2D eigenvalue weighted by molar-refractivity contribution is -0.386. The quantitative estimate of drug-likeness (QED) is 0.492. The standard InChI is InChI=1S/C13H17FN2O5/c1-13(2,12(17)21-4)7-15-10-6-8(20-3)5-9(14)11(10)16(18)19/h5-6,15H,7H2,1-4H3. The number of hydrogen-bond acceptors (Lipinski definition) is 6. The maximum atomic E-state index is 13.7. The molecule has 0 atom stereocenters. The van der Waals surface area contributed by atoms with E-state index < -0.39 is 27.8 Å². The molecule has 0 aliphatic rings. The van der Waals surface area contributed by atoms with Crippen molar-refractivity contribution in [1.29, 1.82) is 0 Å². The molecule has 1 rings (SSSR count). The molecular weight excluding hydrogens is 283 g/mol. The van der Waals surface area contributed by atoms with Crippen LogP contribution in [0.2, 0.25) is 0 Å². The van der Waals surface area contributed by atoms with Gasteiger partial charge in [0.25, 0.3) is 0 Å². The number of halogens is 1. The maximum absolute atomic E-state index is 13.7. The van der Waals surface area contributed by atoms with Gasteiger partial charge in [-0.3, -0.25) is 14.9 Å². The number of esters is 1. The summed E-state index contributed by atoms with van der Waals surface area (Å²) in [4.78, 5) is 21.7. The fourth-order valence-electron chi connectivity index (χ4n) is 1.68. The Balaban J connectivity index is 3.09. The number of rotatable bonds is 6. The average molecular weight is 300 g/mol. The number of nitro benzene ring substituents is 1. The molecule has 0 fully saturated rings. The van der Waals surface area contributed by atoms with E-state index in [1.807, 2.05) is 0 Å². The van der Waals surface area contributed by atoms with Gasteiger partial charge in [0.2, 0.25) is 5.82 Å². The zero-order chi connectivity index (χ0) is 16.2. The van der Waals surface area contributed by atoms with Crippen LogP contribution >= 0.6 is 0 Å². The van der Waals surface area contributed by atoms with Gasteiger partial charge in [-0.05, 0) is 13.8 Å². The van der Waals surface area contributed by atoms with Crippen LogP contribution in [0.4, 0.5) is 15.8 Å². The number of benzene rings is 1.